The molecule has 0 fully saturated rings. The Hall–Kier alpha value is -5.93. The highest BCUT2D eigenvalue weighted by Crippen LogP contribution is 2.50. The molecule has 6 aromatic carbocycles. The summed E-state index contributed by atoms with van der Waals surface area (Å²) in [6.07, 6.45) is 1.83. The third-order valence-electron chi connectivity index (χ3n) is 9.77. The first kappa shape index (κ1) is 27.4. The second-order valence-corrected chi connectivity index (χ2v) is 12.8. The first-order valence-corrected chi connectivity index (χ1v) is 16.1. The summed E-state index contributed by atoms with van der Waals surface area (Å²) >= 11 is 0. The minimum absolute atomic E-state index is 0.0162. The zero-order valence-electron chi connectivity index (χ0n) is 26.3. The molecule has 3 nitrogen and oxygen atoms in total. The largest absolute Gasteiger partial charge is 0.256 e. The second-order valence-electron chi connectivity index (χ2n) is 12.8. The van der Waals surface area contributed by atoms with E-state index >= 15 is 0 Å². The van der Waals surface area contributed by atoms with Crippen LogP contribution in [0.15, 0.2) is 152 Å². The van der Waals surface area contributed by atoms with Gasteiger partial charge in [-0.2, -0.15) is 0 Å². The van der Waals surface area contributed by atoms with E-state index in [1.165, 1.54) is 38.8 Å². The monoisotopic (exact) mass is 601 g/mol. The lowest BCUT2D eigenvalue weighted by Crippen LogP contribution is -2.14. The number of benzene rings is 6. The molecule has 2 aromatic heterocycles. The fraction of sp³-hybridized carbons (Fsp3) is 0.0682. The van der Waals surface area contributed by atoms with Gasteiger partial charge in [-0.1, -0.05) is 135 Å². The number of hydrogen-bond acceptors (Lipinski definition) is 3. The van der Waals surface area contributed by atoms with Crippen molar-refractivity contribution in [3.63, 3.8) is 0 Å². The van der Waals surface area contributed by atoms with Crippen LogP contribution in [0.4, 0.5) is 0 Å². The van der Waals surface area contributed by atoms with Crippen LogP contribution in [0.1, 0.15) is 25.0 Å². The van der Waals surface area contributed by atoms with E-state index < -0.39 is 0 Å². The molecule has 0 amide bonds. The van der Waals surface area contributed by atoms with E-state index in [0.717, 1.165) is 44.4 Å². The predicted molar refractivity (Wildman–Crippen MR) is 194 cm³/mol. The molecule has 0 unspecified atom stereocenters. The first-order valence-electron chi connectivity index (χ1n) is 16.1. The summed E-state index contributed by atoms with van der Waals surface area (Å²) in [7, 11) is 0. The van der Waals surface area contributed by atoms with Crippen LogP contribution in [0.3, 0.4) is 0 Å². The lowest BCUT2D eigenvalue weighted by Gasteiger charge is -2.21. The summed E-state index contributed by atoms with van der Waals surface area (Å²) in [6.45, 7) is 4.66. The molecule has 0 spiro atoms. The van der Waals surface area contributed by atoms with Gasteiger partial charge in [-0.25, -0.2) is 9.97 Å². The van der Waals surface area contributed by atoms with Gasteiger partial charge >= 0.3 is 0 Å². The van der Waals surface area contributed by atoms with Gasteiger partial charge in [-0.15, -0.1) is 0 Å². The third-order valence-corrected chi connectivity index (χ3v) is 9.77. The van der Waals surface area contributed by atoms with Crippen LogP contribution in [-0.4, -0.2) is 15.0 Å². The average Bonchev–Trinajstić information content (AvgIpc) is 3.36. The van der Waals surface area contributed by atoms with Crippen LogP contribution >= 0.6 is 0 Å². The minimum Gasteiger partial charge on any atom is -0.256 e. The molecule has 0 bridgehead atoms. The van der Waals surface area contributed by atoms with Crippen LogP contribution in [0.2, 0.25) is 0 Å². The first-order chi connectivity index (χ1) is 23.1. The molecule has 0 atom stereocenters. The summed E-state index contributed by atoms with van der Waals surface area (Å²) in [5, 5.41) is 3.43. The molecule has 0 saturated heterocycles. The maximum Gasteiger partial charge on any atom is 0.160 e. The van der Waals surface area contributed by atoms with Crippen molar-refractivity contribution >= 4 is 21.7 Å². The van der Waals surface area contributed by atoms with Gasteiger partial charge in [0.2, 0.25) is 0 Å². The van der Waals surface area contributed by atoms with Crippen molar-refractivity contribution in [3.05, 3.63) is 163 Å². The third kappa shape index (κ3) is 4.39. The summed E-state index contributed by atoms with van der Waals surface area (Å²) in [5.41, 5.74) is 13.7. The zero-order valence-corrected chi connectivity index (χ0v) is 26.3. The van der Waals surface area contributed by atoms with Crippen LogP contribution in [0.25, 0.3) is 77.8 Å². The number of nitrogens with zero attached hydrogens (tertiary/aromatic N) is 3. The Morgan fingerprint density at radius 2 is 1.06 bits per heavy atom. The summed E-state index contributed by atoms with van der Waals surface area (Å²) in [5.74, 6) is 0.701. The number of pyridine rings is 1. The van der Waals surface area contributed by atoms with E-state index in [-0.39, 0.29) is 5.41 Å². The van der Waals surface area contributed by atoms with Crippen molar-refractivity contribution < 1.29 is 0 Å². The quantitative estimate of drug-likeness (QED) is 0.201. The van der Waals surface area contributed by atoms with Gasteiger partial charge in [-0.05, 0) is 68.4 Å². The van der Waals surface area contributed by atoms with Gasteiger partial charge in [0.25, 0.3) is 0 Å². The minimum atomic E-state index is -0.0162. The molecule has 0 aliphatic heterocycles. The molecule has 0 saturated carbocycles. The molecule has 2 heterocycles. The van der Waals surface area contributed by atoms with Crippen LogP contribution in [0, 0.1) is 0 Å². The molecular weight excluding hydrogens is 571 g/mol. The molecule has 8 aromatic rings. The van der Waals surface area contributed by atoms with E-state index in [1.54, 1.807) is 0 Å². The lowest BCUT2D eigenvalue weighted by molar-refractivity contribution is 0.660. The molecule has 1 aliphatic rings. The normalized spacial score (nSPS) is 13.1. The molecule has 9 rings (SSSR count). The molecule has 0 radical (unpaired) electrons. The lowest BCUT2D eigenvalue weighted by atomic mass is 9.82. The summed E-state index contributed by atoms with van der Waals surface area (Å²) in [6, 6.07) is 51.7. The van der Waals surface area contributed by atoms with Gasteiger partial charge in [0, 0.05) is 33.7 Å². The van der Waals surface area contributed by atoms with Crippen molar-refractivity contribution in [2.45, 2.75) is 19.3 Å². The highest BCUT2D eigenvalue weighted by molar-refractivity contribution is 6.05. The Morgan fingerprint density at radius 3 is 1.89 bits per heavy atom. The van der Waals surface area contributed by atoms with E-state index in [2.05, 4.69) is 134 Å². The zero-order chi connectivity index (χ0) is 31.5. The SMILES string of the molecule is CC1(C)c2ccccc2-c2cc(-c3ccc(-c4cc(-c5cccc6ncccc56)nc(-c5ccccc5)n4)c4ccccc34)ccc21. The molecule has 222 valence electrons. The fourth-order valence-corrected chi connectivity index (χ4v) is 7.43. The van der Waals surface area contributed by atoms with Crippen molar-refractivity contribution in [1.82, 2.24) is 15.0 Å². The number of rotatable bonds is 4. The Bertz CT molecular complexity index is 2490. The maximum atomic E-state index is 5.19. The smallest absolute Gasteiger partial charge is 0.160 e. The summed E-state index contributed by atoms with van der Waals surface area (Å²) in [4.78, 5) is 14.9. The number of aromatic nitrogens is 3. The van der Waals surface area contributed by atoms with Crippen molar-refractivity contribution in [2.24, 2.45) is 0 Å². The highest BCUT2D eigenvalue weighted by atomic mass is 14.9. The Balaban J connectivity index is 1.24. The van der Waals surface area contributed by atoms with E-state index in [9.17, 15) is 0 Å². The van der Waals surface area contributed by atoms with Gasteiger partial charge in [-0.3, -0.25) is 4.98 Å². The van der Waals surface area contributed by atoms with Crippen LogP contribution in [-0.2, 0) is 5.41 Å². The molecule has 3 heteroatoms. The standard InChI is InChI=1S/C44H31N3/c1-44(2)38-19-9-8-16-33(38)37-26-29(21-24-39(37)44)30-22-23-36(32-15-7-6-14-31(30)32)42-27-41(46-43(47-42)28-12-4-3-5-13-28)35-17-10-20-40-34(35)18-11-25-45-40/h3-27H,1-2H3. The topological polar surface area (TPSA) is 38.7 Å². The fourth-order valence-electron chi connectivity index (χ4n) is 7.43. The van der Waals surface area contributed by atoms with E-state index in [0.29, 0.717) is 5.82 Å². The molecule has 1 aliphatic carbocycles. The Morgan fingerprint density at radius 1 is 0.426 bits per heavy atom. The van der Waals surface area contributed by atoms with Crippen LogP contribution < -0.4 is 0 Å². The van der Waals surface area contributed by atoms with E-state index in [4.69, 9.17) is 9.97 Å². The van der Waals surface area contributed by atoms with Gasteiger partial charge < -0.3 is 0 Å². The highest BCUT2D eigenvalue weighted by Gasteiger charge is 2.35. The second kappa shape index (κ2) is 10.6. The number of fused-ring (bicyclic) bond motifs is 5. The average molecular weight is 602 g/mol. The molecular formula is C44H31N3. The van der Waals surface area contributed by atoms with E-state index in [1.807, 2.05) is 36.5 Å². The molecule has 47 heavy (non-hydrogen) atoms. The Kier molecular flexibility index (Phi) is 6.16. The predicted octanol–water partition coefficient (Wildman–Crippen LogP) is 11.2. The van der Waals surface area contributed by atoms with Crippen LogP contribution in [0.5, 0.6) is 0 Å². The molecule has 0 N–H and O–H groups in total. The number of hydrogen-bond donors (Lipinski definition) is 0. The van der Waals surface area contributed by atoms with Gasteiger partial charge in [0.15, 0.2) is 5.82 Å². The van der Waals surface area contributed by atoms with Gasteiger partial charge in [0.05, 0.1) is 16.9 Å². The maximum absolute atomic E-state index is 5.19. The van der Waals surface area contributed by atoms with Crippen molar-refractivity contribution in [1.29, 1.82) is 0 Å². The summed E-state index contributed by atoms with van der Waals surface area (Å²) < 4.78 is 0. The van der Waals surface area contributed by atoms with Crippen molar-refractivity contribution in [3.8, 4) is 56.2 Å². The van der Waals surface area contributed by atoms with Gasteiger partial charge in [0.1, 0.15) is 0 Å². The Labute approximate surface area is 274 Å². The van der Waals surface area contributed by atoms with Crippen molar-refractivity contribution in [2.75, 3.05) is 0 Å².